The van der Waals surface area contributed by atoms with E-state index in [4.69, 9.17) is 15.2 Å². The molecule has 3 N–H and O–H groups in total. The lowest BCUT2D eigenvalue weighted by molar-refractivity contribution is -0.205. The number of rotatable bonds is 8. The van der Waals surface area contributed by atoms with Crippen molar-refractivity contribution in [2.45, 2.75) is 39.2 Å². The van der Waals surface area contributed by atoms with Crippen molar-refractivity contribution in [1.29, 1.82) is 0 Å². The van der Waals surface area contributed by atoms with E-state index in [1.165, 1.54) is 37.4 Å². The number of aryl methyl sites for hydroxylation is 1. The molecule has 11 nitrogen and oxygen atoms in total. The van der Waals surface area contributed by atoms with E-state index in [9.17, 15) is 27.6 Å². The molecule has 3 rings (SSSR count). The van der Waals surface area contributed by atoms with Crippen molar-refractivity contribution in [3.8, 4) is 5.75 Å². The van der Waals surface area contributed by atoms with Crippen molar-refractivity contribution < 1.29 is 41.8 Å². The van der Waals surface area contributed by atoms with Gasteiger partial charge in [-0.1, -0.05) is 6.07 Å². The van der Waals surface area contributed by atoms with E-state index >= 15 is 0 Å². The highest BCUT2D eigenvalue weighted by molar-refractivity contribution is 5.91. The van der Waals surface area contributed by atoms with Gasteiger partial charge in [-0.25, -0.2) is 24.5 Å². The van der Waals surface area contributed by atoms with Gasteiger partial charge in [0.2, 0.25) is 0 Å². The zero-order valence-electron chi connectivity index (χ0n) is 19.2. The molecule has 0 aliphatic rings. The molecule has 0 fully saturated rings. The van der Waals surface area contributed by atoms with Crippen LogP contribution in [0.2, 0.25) is 0 Å². The predicted molar refractivity (Wildman–Crippen MR) is 119 cm³/mol. The van der Waals surface area contributed by atoms with Gasteiger partial charge in [0.15, 0.2) is 6.23 Å². The Labute approximate surface area is 202 Å². The first-order valence-corrected chi connectivity index (χ1v) is 10.6. The Kier molecular flexibility index (Phi) is 8.09. The van der Waals surface area contributed by atoms with Crippen molar-refractivity contribution in [2.75, 3.05) is 11.5 Å². The Morgan fingerprint density at radius 3 is 2.56 bits per heavy atom. The number of carbonyl (C=O) groups is 3. The lowest BCUT2D eigenvalue weighted by Crippen LogP contribution is -2.48. The summed E-state index contributed by atoms with van der Waals surface area (Å²) in [4.78, 5) is 48.8. The number of anilines is 1. The SMILES string of the molecule is CCOC(=O)CC(OC(=O)C(F)(F)F)N(C(=O)Oc1ccc2[nH]c(CN)nc2c1C)c1ccccn1. The van der Waals surface area contributed by atoms with Crippen molar-refractivity contribution in [3.05, 3.63) is 47.9 Å². The number of benzene rings is 1. The van der Waals surface area contributed by atoms with Crippen molar-refractivity contribution in [3.63, 3.8) is 0 Å². The molecule has 36 heavy (non-hydrogen) atoms. The molecule has 2 heterocycles. The highest BCUT2D eigenvalue weighted by atomic mass is 19.4. The van der Waals surface area contributed by atoms with E-state index in [0.29, 0.717) is 27.3 Å². The van der Waals surface area contributed by atoms with Gasteiger partial charge in [0.05, 0.1) is 24.2 Å². The Morgan fingerprint density at radius 2 is 1.94 bits per heavy atom. The van der Waals surface area contributed by atoms with Gasteiger partial charge in [0, 0.05) is 11.8 Å². The molecular weight excluding hydrogens is 487 g/mol. The Hall–Kier alpha value is -4.20. The highest BCUT2D eigenvalue weighted by Gasteiger charge is 2.45. The maximum absolute atomic E-state index is 13.3. The lowest BCUT2D eigenvalue weighted by atomic mass is 10.2. The number of nitrogens with two attached hydrogens (primary N) is 1. The number of ether oxygens (including phenoxy) is 3. The topological polar surface area (TPSA) is 150 Å². The predicted octanol–water partition coefficient (Wildman–Crippen LogP) is 3.12. The van der Waals surface area contributed by atoms with E-state index in [0.717, 1.165) is 0 Å². The fourth-order valence-corrected chi connectivity index (χ4v) is 3.19. The van der Waals surface area contributed by atoms with E-state index in [1.807, 2.05) is 0 Å². The second-order valence-electron chi connectivity index (χ2n) is 7.27. The zero-order valence-corrected chi connectivity index (χ0v) is 19.2. The summed E-state index contributed by atoms with van der Waals surface area (Å²) in [5.41, 5.74) is 7.10. The number of aromatic nitrogens is 3. The van der Waals surface area contributed by atoms with Crippen LogP contribution in [0.15, 0.2) is 36.5 Å². The van der Waals surface area contributed by atoms with Crippen molar-refractivity contribution in [1.82, 2.24) is 15.0 Å². The van der Waals surface area contributed by atoms with Crippen LogP contribution in [0.4, 0.5) is 23.8 Å². The van der Waals surface area contributed by atoms with Gasteiger partial charge in [-0.05, 0) is 38.1 Å². The maximum Gasteiger partial charge on any atom is 0.491 e. The van der Waals surface area contributed by atoms with Crippen LogP contribution in [0.5, 0.6) is 5.75 Å². The summed E-state index contributed by atoms with van der Waals surface area (Å²) in [7, 11) is 0. The van der Waals surface area contributed by atoms with Crippen LogP contribution in [0.1, 0.15) is 24.7 Å². The number of nitrogens with one attached hydrogen (secondary N) is 1. The molecule has 1 aromatic carbocycles. The van der Waals surface area contributed by atoms with Gasteiger partial charge in [0.25, 0.3) is 0 Å². The maximum atomic E-state index is 13.3. The third-order valence-electron chi connectivity index (χ3n) is 4.80. The second-order valence-corrected chi connectivity index (χ2v) is 7.27. The first-order chi connectivity index (χ1) is 17.0. The molecule has 0 aliphatic carbocycles. The third kappa shape index (κ3) is 6.07. The van der Waals surface area contributed by atoms with Gasteiger partial charge in [-0.15, -0.1) is 0 Å². The van der Waals surface area contributed by atoms with Gasteiger partial charge in [-0.2, -0.15) is 13.2 Å². The smallest absolute Gasteiger partial charge is 0.466 e. The fraction of sp³-hybridized carbons (Fsp3) is 0.318. The summed E-state index contributed by atoms with van der Waals surface area (Å²) in [6.45, 7) is 3.12. The molecule has 14 heteroatoms. The van der Waals surface area contributed by atoms with Gasteiger partial charge in [-0.3, -0.25) is 4.79 Å². The number of hydrogen-bond donors (Lipinski definition) is 2. The summed E-state index contributed by atoms with van der Waals surface area (Å²) in [6.07, 6.45) is -8.42. The number of hydrogen-bond acceptors (Lipinski definition) is 9. The van der Waals surface area contributed by atoms with Crippen molar-refractivity contribution >= 4 is 34.9 Å². The fourth-order valence-electron chi connectivity index (χ4n) is 3.19. The molecule has 3 aromatic rings. The van der Waals surface area contributed by atoms with Crippen LogP contribution in [0, 0.1) is 6.92 Å². The number of pyridine rings is 1. The van der Waals surface area contributed by atoms with Gasteiger partial charge in [0.1, 0.15) is 23.8 Å². The average molecular weight is 509 g/mol. The second kappa shape index (κ2) is 11.0. The quantitative estimate of drug-likeness (QED) is 0.345. The largest absolute Gasteiger partial charge is 0.491 e. The lowest BCUT2D eigenvalue weighted by Gasteiger charge is -2.29. The molecule has 1 atom stereocenters. The number of nitrogens with zero attached hydrogens (tertiary/aromatic N) is 3. The van der Waals surface area contributed by atoms with Gasteiger partial charge < -0.3 is 24.9 Å². The standard InChI is InChI=1S/C22H22F3N5O6/c1-3-34-18(31)10-17(36-20(32)22(23,24)25)30(16-6-4-5-9-27-16)21(33)35-14-8-7-13-19(12(14)2)29-15(11-26)28-13/h4-9,17H,3,10-11,26H2,1-2H3,(H,28,29). The minimum absolute atomic E-state index is 0.0144. The Bertz CT molecular complexity index is 1250. The summed E-state index contributed by atoms with van der Waals surface area (Å²) in [6, 6.07) is 7.19. The van der Waals surface area contributed by atoms with Crippen LogP contribution in [-0.4, -0.2) is 52.0 Å². The van der Waals surface area contributed by atoms with Gasteiger partial charge >= 0.3 is 24.2 Å². The molecule has 0 bridgehead atoms. The van der Waals surface area contributed by atoms with E-state index < -0.39 is 36.9 Å². The van der Waals surface area contributed by atoms with Crippen LogP contribution in [-0.2, 0) is 25.6 Å². The highest BCUT2D eigenvalue weighted by Crippen LogP contribution is 2.28. The number of alkyl halides is 3. The summed E-state index contributed by atoms with van der Waals surface area (Å²) < 4.78 is 53.7. The van der Waals surface area contributed by atoms with E-state index in [-0.39, 0.29) is 24.7 Å². The third-order valence-corrected chi connectivity index (χ3v) is 4.80. The molecule has 0 spiro atoms. The number of amides is 1. The Morgan fingerprint density at radius 1 is 1.19 bits per heavy atom. The summed E-state index contributed by atoms with van der Waals surface area (Å²) in [5.74, 6) is -3.37. The normalized spacial score (nSPS) is 12.2. The summed E-state index contributed by atoms with van der Waals surface area (Å²) >= 11 is 0. The molecule has 2 aromatic heterocycles. The molecule has 0 aliphatic heterocycles. The number of H-pyrrole nitrogens is 1. The number of aromatic amines is 1. The van der Waals surface area contributed by atoms with Crippen LogP contribution in [0.3, 0.4) is 0 Å². The number of fused-ring (bicyclic) bond motifs is 1. The Balaban J connectivity index is 2.01. The minimum Gasteiger partial charge on any atom is -0.466 e. The molecule has 0 saturated heterocycles. The zero-order chi connectivity index (χ0) is 26.5. The molecule has 1 amide bonds. The summed E-state index contributed by atoms with van der Waals surface area (Å²) in [5, 5.41) is 0. The number of imidazole rings is 1. The number of halogens is 3. The van der Waals surface area contributed by atoms with Crippen molar-refractivity contribution in [2.24, 2.45) is 5.73 Å². The number of esters is 2. The van der Waals surface area contributed by atoms with Crippen LogP contribution >= 0.6 is 0 Å². The van der Waals surface area contributed by atoms with Crippen LogP contribution in [0.25, 0.3) is 11.0 Å². The minimum atomic E-state index is -5.39. The molecule has 192 valence electrons. The van der Waals surface area contributed by atoms with E-state index in [2.05, 4.69) is 19.7 Å². The van der Waals surface area contributed by atoms with Crippen LogP contribution < -0.4 is 15.4 Å². The number of carbonyl (C=O) groups excluding carboxylic acids is 3. The molecule has 1 unspecified atom stereocenters. The monoisotopic (exact) mass is 509 g/mol. The average Bonchev–Trinajstić information content (AvgIpc) is 3.25. The van der Waals surface area contributed by atoms with E-state index in [1.54, 1.807) is 13.0 Å². The first kappa shape index (κ1) is 26.4. The molecule has 0 radical (unpaired) electrons. The molecular formula is C22H22F3N5O6. The first-order valence-electron chi connectivity index (χ1n) is 10.6. The molecule has 0 saturated carbocycles.